The summed E-state index contributed by atoms with van der Waals surface area (Å²) in [5, 5.41) is 0. The molecule has 0 amide bonds. The van der Waals surface area contributed by atoms with E-state index in [1.54, 1.807) is 0 Å². The molecule has 0 spiro atoms. The van der Waals surface area contributed by atoms with Crippen LogP contribution in [0.2, 0.25) is 0 Å². The highest BCUT2D eigenvalue weighted by Gasteiger charge is 2.22. The Labute approximate surface area is 45.1 Å². The van der Waals surface area contributed by atoms with Crippen molar-refractivity contribution in [2.75, 3.05) is 0 Å². The summed E-state index contributed by atoms with van der Waals surface area (Å²) < 4.78 is 0. The van der Waals surface area contributed by atoms with Gasteiger partial charge >= 0.3 is 15.2 Å². The molecule has 0 aromatic rings. The monoisotopic (exact) mass is 140 g/mol. The van der Waals surface area contributed by atoms with Crippen LogP contribution in [0, 0.1) is 0 Å². The van der Waals surface area contributed by atoms with Crippen LogP contribution in [0.5, 0.6) is 0 Å². The van der Waals surface area contributed by atoms with Crippen molar-refractivity contribution in [1.82, 2.24) is 0 Å². The molecule has 8 heavy (non-hydrogen) atoms. The zero-order chi connectivity index (χ0) is 7.21. The summed E-state index contributed by atoms with van der Waals surface area (Å²) in [6.45, 7) is 0. The van der Waals surface area contributed by atoms with Crippen LogP contribution in [0.3, 0.4) is 0 Å². The third-order valence-electron chi connectivity index (χ3n) is 0. The number of carbonyl (C=O) groups excluding carboxylic acids is 2. The van der Waals surface area contributed by atoms with Crippen molar-refractivity contribution in [3.05, 3.63) is 0 Å². The Kier molecular flexibility index (Phi) is 5.98. The van der Waals surface area contributed by atoms with Gasteiger partial charge in [-0.05, 0) is 0 Å². The molecule has 0 saturated heterocycles. The smallest absolute Gasteiger partial charge is 0.368 e. The summed E-state index contributed by atoms with van der Waals surface area (Å²) >= 11 is 0. The first-order chi connectivity index (χ1) is 3.41. The van der Waals surface area contributed by atoms with Crippen LogP contribution in [0.4, 0.5) is 0 Å². The third kappa shape index (κ3) is 338. The maximum absolute atomic E-state index is 8.12. The maximum atomic E-state index is 8.12. The normalized spacial score (nSPS) is 8.50. The van der Waals surface area contributed by atoms with E-state index in [0.29, 0.717) is 0 Å². The summed E-state index contributed by atoms with van der Waals surface area (Å²) in [5.74, 6) is 0. The van der Waals surface area contributed by atoms with Gasteiger partial charge in [0.1, 0.15) is 0 Å². The van der Waals surface area contributed by atoms with E-state index in [-0.39, 0.29) is 6.15 Å². The highest BCUT2D eigenvalue weighted by atomic mass is 28.4. The fourth-order valence-electron chi connectivity index (χ4n) is 0. The van der Waals surface area contributed by atoms with Crippen LogP contribution in [0.1, 0.15) is 0 Å². The summed E-state index contributed by atoms with van der Waals surface area (Å²) in [6, 6.07) is 0. The molecule has 0 saturated carbocycles. The maximum Gasteiger partial charge on any atom is 0.668 e. The minimum Gasteiger partial charge on any atom is -0.368 e. The zero-order valence-corrected chi connectivity index (χ0v) is 4.61. The van der Waals surface area contributed by atoms with Gasteiger partial charge in [0.2, 0.25) is 0 Å². The first-order valence-electron chi connectivity index (χ1n) is 1.30. The van der Waals surface area contributed by atoms with E-state index in [9.17, 15) is 0 Å². The molecule has 0 heterocycles. The molecule has 0 aromatic carbocycles. The van der Waals surface area contributed by atoms with Crippen LogP contribution >= 0.6 is 0 Å². The van der Waals surface area contributed by atoms with E-state index in [2.05, 4.69) is 0 Å². The van der Waals surface area contributed by atoms with Gasteiger partial charge in [0.25, 0.3) is 0 Å². The molecule has 6 nitrogen and oxygen atoms in total. The predicted octanol–water partition coefficient (Wildman–Crippen LogP) is -3.19. The van der Waals surface area contributed by atoms with E-state index < -0.39 is 9.05 Å². The molecule has 48 valence electrons. The average molecular weight is 140 g/mol. The molecule has 0 aliphatic carbocycles. The lowest BCUT2D eigenvalue weighted by molar-refractivity contribution is -0.191. The molecule has 0 radical (unpaired) electrons. The van der Waals surface area contributed by atoms with E-state index in [1.807, 2.05) is 0 Å². The Morgan fingerprint density at radius 2 is 1.00 bits per heavy atom. The van der Waals surface area contributed by atoms with Crippen molar-refractivity contribution in [1.29, 1.82) is 0 Å². The van der Waals surface area contributed by atoms with Crippen molar-refractivity contribution in [2.24, 2.45) is 0 Å². The second kappa shape index (κ2) is 4.59. The first-order valence-corrected chi connectivity index (χ1v) is 3.09. The van der Waals surface area contributed by atoms with Crippen molar-refractivity contribution in [2.45, 2.75) is 0 Å². The fourth-order valence-corrected chi connectivity index (χ4v) is 0. The van der Waals surface area contributed by atoms with Crippen molar-refractivity contribution >= 4 is 15.2 Å². The molecule has 0 aromatic heterocycles. The lowest BCUT2D eigenvalue weighted by Gasteiger charge is -1.91. The molecular formula is CH4O6Si. The quantitative estimate of drug-likeness (QED) is 0.263. The molecule has 0 unspecified atom stereocenters. The van der Waals surface area contributed by atoms with Crippen molar-refractivity contribution < 1.29 is 28.8 Å². The third-order valence-corrected chi connectivity index (χ3v) is 0. The molecule has 0 aliphatic heterocycles. The Bertz CT molecular complexity index is 69.0. The van der Waals surface area contributed by atoms with E-state index in [4.69, 9.17) is 28.8 Å². The SMILES string of the molecule is O=C=O.O[Si](O)(O)O. The average Bonchev–Trinajstić information content (AvgIpc) is 1.27. The highest BCUT2D eigenvalue weighted by Crippen LogP contribution is 1.67. The summed E-state index contributed by atoms with van der Waals surface area (Å²) in [7, 11) is -4.61. The van der Waals surface area contributed by atoms with Gasteiger partial charge in [0.15, 0.2) is 0 Å². The van der Waals surface area contributed by atoms with Gasteiger partial charge in [-0.25, -0.2) is 0 Å². The topological polar surface area (TPSA) is 115 Å². The summed E-state index contributed by atoms with van der Waals surface area (Å²) in [6.07, 6.45) is 0.250. The molecule has 0 rings (SSSR count). The Balaban J connectivity index is 0. The lowest BCUT2D eigenvalue weighted by Crippen LogP contribution is -2.33. The fraction of sp³-hybridized carbons (Fsp3) is 0. The van der Waals surface area contributed by atoms with Gasteiger partial charge in [-0.2, -0.15) is 9.59 Å². The van der Waals surface area contributed by atoms with E-state index in [0.717, 1.165) is 0 Å². The van der Waals surface area contributed by atoms with Gasteiger partial charge in [0, 0.05) is 0 Å². The molecule has 7 heteroatoms. The summed E-state index contributed by atoms with van der Waals surface area (Å²) in [5.41, 5.74) is 0. The second-order valence-corrected chi connectivity index (χ2v) is 1.88. The number of hydrogen-bond donors (Lipinski definition) is 4. The number of hydrogen-bond acceptors (Lipinski definition) is 6. The minimum atomic E-state index is -4.61. The molecular weight excluding hydrogens is 136 g/mol. The molecule has 0 bridgehead atoms. The number of rotatable bonds is 0. The van der Waals surface area contributed by atoms with Crippen LogP contribution in [-0.4, -0.2) is 34.4 Å². The Morgan fingerprint density at radius 1 is 1.00 bits per heavy atom. The molecule has 0 fully saturated rings. The van der Waals surface area contributed by atoms with Crippen LogP contribution in [-0.2, 0) is 9.59 Å². The van der Waals surface area contributed by atoms with Crippen LogP contribution in [0.15, 0.2) is 0 Å². The lowest BCUT2D eigenvalue weighted by atomic mass is 11.8. The predicted molar refractivity (Wildman–Crippen MR) is 19.6 cm³/mol. The van der Waals surface area contributed by atoms with E-state index >= 15 is 0 Å². The first kappa shape index (κ1) is 10.4. The van der Waals surface area contributed by atoms with Crippen molar-refractivity contribution in [3.8, 4) is 0 Å². The van der Waals surface area contributed by atoms with Gasteiger partial charge in [0.05, 0.1) is 0 Å². The highest BCUT2D eigenvalue weighted by molar-refractivity contribution is 6.46. The van der Waals surface area contributed by atoms with Crippen LogP contribution < -0.4 is 0 Å². The standard InChI is InChI=1S/CO2.H4O4Si/c2-1-3;1-5(2,3)4/h;1-4H. The van der Waals surface area contributed by atoms with Gasteiger partial charge in [-0.1, -0.05) is 0 Å². The Hall–Kier alpha value is -0.563. The van der Waals surface area contributed by atoms with Crippen LogP contribution in [0.25, 0.3) is 0 Å². The van der Waals surface area contributed by atoms with Gasteiger partial charge < -0.3 is 19.2 Å². The molecule has 0 atom stereocenters. The largest absolute Gasteiger partial charge is 0.668 e. The summed E-state index contributed by atoms with van der Waals surface area (Å²) in [4.78, 5) is 45.6. The molecule has 0 aliphatic rings. The van der Waals surface area contributed by atoms with E-state index in [1.165, 1.54) is 0 Å². The van der Waals surface area contributed by atoms with Gasteiger partial charge in [-0.3, -0.25) is 0 Å². The Morgan fingerprint density at radius 3 is 1.00 bits per heavy atom. The minimum absolute atomic E-state index is 0.250. The van der Waals surface area contributed by atoms with Crippen molar-refractivity contribution in [3.63, 3.8) is 0 Å². The van der Waals surface area contributed by atoms with Gasteiger partial charge in [-0.15, -0.1) is 0 Å². The molecule has 4 N–H and O–H groups in total. The second-order valence-electron chi connectivity index (χ2n) is 0.683. The zero-order valence-electron chi connectivity index (χ0n) is 3.61.